The number of amides is 1. The molecule has 1 fully saturated rings. The van der Waals surface area contributed by atoms with Crippen molar-refractivity contribution in [2.24, 2.45) is 0 Å². The van der Waals surface area contributed by atoms with Gasteiger partial charge in [-0.05, 0) is 12.8 Å². The zero-order valence-electron chi connectivity index (χ0n) is 10.0. The van der Waals surface area contributed by atoms with Gasteiger partial charge in [-0.2, -0.15) is 0 Å². The van der Waals surface area contributed by atoms with Crippen LogP contribution in [0.5, 0.6) is 0 Å². The highest BCUT2D eigenvalue weighted by Gasteiger charge is 2.40. The lowest BCUT2D eigenvalue weighted by Crippen LogP contribution is -2.54. The number of nitrogens with zero attached hydrogens (tertiary/aromatic N) is 1. The Morgan fingerprint density at radius 3 is 2.44 bits per heavy atom. The molecule has 0 radical (unpaired) electrons. The van der Waals surface area contributed by atoms with Crippen molar-refractivity contribution in [3.63, 3.8) is 0 Å². The first-order valence-corrected chi connectivity index (χ1v) is 7.02. The smallest absolute Gasteiger partial charge is 0.329 e. The van der Waals surface area contributed by atoms with Gasteiger partial charge in [-0.15, -0.1) is 11.3 Å². The molecule has 1 aromatic heterocycles. The standard InChI is InChI=1S/C12H16N2O3S/c15-10(9-7-18-8-13-9)14-12(11(16)17)5-3-1-2-4-6-12/h7-8H,1-6H2,(H,14,15)(H,16,17). The number of carbonyl (C=O) groups excluding carboxylic acids is 1. The summed E-state index contributed by atoms with van der Waals surface area (Å²) in [5.41, 5.74) is 0.747. The van der Waals surface area contributed by atoms with Crippen molar-refractivity contribution < 1.29 is 14.7 Å². The molecule has 0 aliphatic heterocycles. The molecule has 1 aromatic rings. The Hall–Kier alpha value is -1.43. The van der Waals surface area contributed by atoms with Crippen LogP contribution in [0.15, 0.2) is 10.9 Å². The summed E-state index contributed by atoms with van der Waals surface area (Å²) in [4.78, 5) is 27.4. The molecule has 1 aliphatic carbocycles. The summed E-state index contributed by atoms with van der Waals surface area (Å²) in [6, 6.07) is 0. The Kier molecular flexibility index (Phi) is 3.96. The molecule has 1 aliphatic rings. The molecule has 98 valence electrons. The number of thiazole rings is 1. The molecule has 1 heterocycles. The van der Waals surface area contributed by atoms with E-state index in [4.69, 9.17) is 0 Å². The van der Waals surface area contributed by atoms with Gasteiger partial charge in [0.2, 0.25) is 0 Å². The first-order valence-electron chi connectivity index (χ1n) is 6.08. The minimum absolute atomic E-state index is 0.296. The number of aliphatic carboxylic acids is 1. The van der Waals surface area contributed by atoms with E-state index in [1.165, 1.54) is 11.3 Å². The number of carbonyl (C=O) groups is 2. The van der Waals surface area contributed by atoms with Crippen LogP contribution in [0.25, 0.3) is 0 Å². The van der Waals surface area contributed by atoms with Crippen LogP contribution in [0, 0.1) is 0 Å². The predicted octanol–water partition coefficient (Wildman–Crippen LogP) is 2.05. The third-order valence-electron chi connectivity index (χ3n) is 3.38. The summed E-state index contributed by atoms with van der Waals surface area (Å²) in [5.74, 6) is -1.33. The van der Waals surface area contributed by atoms with Crippen LogP contribution in [-0.4, -0.2) is 27.5 Å². The second-order valence-electron chi connectivity index (χ2n) is 4.63. The molecule has 2 N–H and O–H groups in total. The van der Waals surface area contributed by atoms with Crippen LogP contribution < -0.4 is 5.32 Å². The van der Waals surface area contributed by atoms with Crippen LogP contribution in [0.2, 0.25) is 0 Å². The molecule has 18 heavy (non-hydrogen) atoms. The maximum absolute atomic E-state index is 12.0. The third kappa shape index (κ3) is 2.69. The van der Waals surface area contributed by atoms with Gasteiger partial charge >= 0.3 is 5.97 Å². The zero-order chi connectivity index (χ0) is 13.0. The number of aromatic nitrogens is 1. The van der Waals surface area contributed by atoms with E-state index in [2.05, 4.69) is 10.3 Å². The summed E-state index contributed by atoms with van der Waals surface area (Å²) >= 11 is 1.32. The highest BCUT2D eigenvalue weighted by Crippen LogP contribution is 2.27. The van der Waals surface area contributed by atoms with E-state index < -0.39 is 11.5 Å². The zero-order valence-corrected chi connectivity index (χ0v) is 10.8. The van der Waals surface area contributed by atoms with Crippen LogP contribution in [0.3, 0.4) is 0 Å². The van der Waals surface area contributed by atoms with Crippen molar-refractivity contribution in [2.75, 3.05) is 0 Å². The van der Waals surface area contributed by atoms with E-state index in [0.717, 1.165) is 25.7 Å². The molecule has 0 unspecified atom stereocenters. The topological polar surface area (TPSA) is 79.3 Å². The van der Waals surface area contributed by atoms with Crippen LogP contribution >= 0.6 is 11.3 Å². The fourth-order valence-corrected chi connectivity index (χ4v) is 2.86. The number of nitrogens with one attached hydrogen (secondary N) is 1. The SMILES string of the molecule is O=C(NC1(C(=O)O)CCCCCC1)c1cscn1. The van der Waals surface area contributed by atoms with E-state index in [1.807, 2.05) is 0 Å². The van der Waals surface area contributed by atoms with E-state index in [-0.39, 0.29) is 5.91 Å². The van der Waals surface area contributed by atoms with Crippen molar-refractivity contribution in [3.8, 4) is 0 Å². The van der Waals surface area contributed by atoms with E-state index in [1.54, 1.807) is 10.9 Å². The lowest BCUT2D eigenvalue weighted by molar-refractivity contribution is -0.145. The van der Waals surface area contributed by atoms with Crippen molar-refractivity contribution >= 4 is 23.2 Å². The summed E-state index contributed by atoms with van der Waals surface area (Å²) in [6.45, 7) is 0. The number of carboxylic acids is 1. The molecule has 5 nitrogen and oxygen atoms in total. The number of hydrogen-bond donors (Lipinski definition) is 2. The Morgan fingerprint density at radius 2 is 1.94 bits per heavy atom. The molecule has 1 saturated carbocycles. The molecule has 2 rings (SSSR count). The predicted molar refractivity (Wildman–Crippen MR) is 67.6 cm³/mol. The normalized spacial score (nSPS) is 18.9. The molecule has 6 heteroatoms. The molecule has 0 saturated heterocycles. The molecule has 0 atom stereocenters. The van der Waals surface area contributed by atoms with Crippen LogP contribution in [0.1, 0.15) is 49.0 Å². The molecular formula is C12H16N2O3S. The van der Waals surface area contributed by atoms with Gasteiger partial charge in [0.25, 0.3) is 5.91 Å². The van der Waals surface area contributed by atoms with Gasteiger partial charge in [0.15, 0.2) is 0 Å². The maximum atomic E-state index is 12.0. The monoisotopic (exact) mass is 268 g/mol. The Balaban J connectivity index is 2.15. The Morgan fingerprint density at radius 1 is 1.28 bits per heavy atom. The van der Waals surface area contributed by atoms with Gasteiger partial charge in [-0.1, -0.05) is 25.7 Å². The lowest BCUT2D eigenvalue weighted by Gasteiger charge is -2.28. The second kappa shape index (κ2) is 5.48. The van der Waals surface area contributed by atoms with E-state index in [0.29, 0.717) is 18.5 Å². The van der Waals surface area contributed by atoms with E-state index in [9.17, 15) is 14.7 Å². The number of carboxylic acid groups (broad SMARTS) is 1. The third-order valence-corrected chi connectivity index (χ3v) is 3.97. The van der Waals surface area contributed by atoms with Gasteiger partial charge in [0, 0.05) is 5.38 Å². The summed E-state index contributed by atoms with van der Waals surface area (Å²) in [6.07, 6.45) is 4.73. The molecule has 1 amide bonds. The van der Waals surface area contributed by atoms with Crippen LogP contribution in [0.4, 0.5) is 0 Å². The lowest BCUT2D eigenvalue weighted by atomic mass is 9.90. The minimum atomic E-state index is -1.11. The highest BCUT2D eigenvalue weighted by molar-refractivity contribution is 7.07. The van der Waals surface area contributed by atoms with Crippen molar-refractivity contribution in [3.05, 3.63) is 16.6 Å². The van der Waals surface area contributed by atoms with E-state index >= 15 is 0 Å². The quantitative estimate of drug-likeness (QED) is 0.822. The summed E-state index contributed by atoms with van der Waals surface area (Å²) < 4.78 is 0. The number of hydrogen-bond acceptors (Lipinski definition) is 4. The largest absolute Gasteiger partial charge is 0.480 e. The van der Waals surface area contributed by atoms with Crippen molar-refractivity contribution in [1.82, 2.24) is 10.3 Å². The fourth-order valence-electron chi connectivity index (χ4n) is 2.33. The average molecular weight is 268 g/mol. The minimum Gasteiger partial charge on any atom is -0.480 e. The van der Waals surface area contributed by atoms with Gasteiger partial charge in [0.05, 0.1) is 5.51 Å². The summed E-state index contributed by atoms with van der Waals surface area (Å²) in [5, 5.41) is 13.7. The van der Waals surface area contributed by atoms with Crippen molar-refractivity contribution in [1.29, 1.82) is 0 Å². The second-order valence-corrected chi connectivity index (χ2v) is 5.35. The molecule has 0 aromatic carbocycles. The maximum Gasteiger partial charge on any atom is 0.329 e. The van der Waals surface area contributed by atoms with Gasteiger partial charge in [-0.25, -0.2) is 9.78 Å². The number of rotatable bonds is 3. The fraction of sp³-hybridized carbons (Fsp3) is 0.583. The van der Waals surface area contributed by atoms with Gasteiger partial charge in [-0.3, -0.25) is 4.79 Å². The molecule has 0 spiro atoms. The first-order chi connectivity index (χ1) is 8.64. The first kappa shape index (κ1) is 13.0. The van der Waals surface area contributed by atoms with Gasteiger partial charge in [0.1, 0.15) is 11.2 Å². The average Bonchev–Trinajstić information content (AvgIpc) is 2.77. The molecule has 0 bridgehead atoms. The molecular weight excluding hydrogens is 252 g/mol. The highest BCUT2D eigenvalue weighted by atomic mass is 32.1. The van der Waals surface area contributed by atoms with Gasteiger partial charge < -0.3 is 10.4 Å². The Labute approximate surface area is 109 Å². The van der Waals surface area contributed by atoms with Crippen molar-refractivity contribution in [2.45, 2.75) is 44.1 Å². The summed E-state index contributed by atoms with van der Waals surface area (Å²) in [7, 11) is 0. The Bertz CT molecular complexity index is 423. The van der Waals surface area contributed by atoms with Crippen LogP contribution in [-0.2, 0) is 4.79 Å².